The SMILES string of the molecule is O=C(Nc1cc(S(=O)(=O)N2CCOCC2)ccc1NCC1CCCO1)C1CCCc2sc(Nc3ccccc3)nc21. The molecule has 2 unspecified atom stereocenters. The van der Waals surface area contributed by atoms with Crippen LogP contribution in [0.15, 0.2) is 53.4 Å². The van der Waals surface area contributed by atoms with E-state index in [1.165, 1.54) is 4.31 Å². The molecule has 3 N–H and O–H groups in total. The van der Waals surface area contributed by atoms with Crippen LogP contribution in [0.2, 0.25) is 0 Å². The number of nitrogens with one attached hydrogen (secondary N) is 3. The topological polar surface area (TPSA) is 122 Å². The zero-order valence-corrected chi connectivity index (χ0v) is 24.4. The van der Waals surface area contributed by atoms with Crippen LogP contribution in [0.3, 0.4) is 0 Å². The number of sulfonamides is 1. The molecule has 6 rings (SSSR count). The molecule has 1 aromatic heterocycles. The lowest BCUT2D eigenvalue weighted by Gasteiger charge is -2.27. The van der Waals surface area contributed by atoms with Gasteiger partial charge >= 0.3 is 0 Å². The van der Waals surface area contributed by atoms with Gasteiger partial charge in [-0.05, 0) is 62.4 Å². The van der Waals surface area contributed by atoms with Crippen molar-refractivity contribution in [1.82, 2.24) is 9.29 Å². The second-order valence-corrected chi connectivity index (χ2v) is 13.5. The van der Waals surface area contributed by atoms with Gasteiger partial charge in [0.1, 0.15) is 0 Å². The summed E-state index contributed by atoms with van der Waals surface area (Å²) in [6.45, 7) is 2.65. The lowest BCUT2D eigenvalue weighted by atomic mass is 9.90. The number of para-hydroxylation sites is 1. The Hall–Kier alpha value is -3.03. The molecule has 0 spiro atoms. The van der Waals surface area contributed by atoms with Crippen LogP contribution in [0.25, 0.3) is 0 Å². The first-order valence-corrected chi connectivity index (χ1v) is 16.4. The molecule has 41 heavy (non-hydrogen) atoms. The number of morpholine rings is 1. The van der Waals surface area contributed by atoms with Gasteiger partial charge in [-0.15, -0.1) is 11.3 Å². The maximum atomic E-state index is 13.8. The molecule has 12 heteroatoms. The maximum absolute atomic E-state index is 13.8. The lowest BCUT2D eigenvalue weighted by Crippen LogP contribution is -2.40. The minimum Gasteiger partial charge on any atom is -0.381 e. The van der Waals surface area contributed by atoms with Crippen molar-refractivity contribution in [3.63, 3.8) is 0 Å². The van der Waals surface area contributed by atoms with Crippen LogP contribution in [0, 0.1) is 0 Å². The molecule has 0 saturated carbocycles. The number of amides is 1. The van der Waals surface area contributed by atoms with Crippen molar-refractivity contribution in [2.24, 2.45) is 0 Å². The maximum Gasteiger partial charge on any atom is 0.243 e. The third-order valence-corrected chi connectivity index (χ3v) is 10.6. The number of aromatic nitrogens is 1. The quantitative estimate of drug-likeness (QED) is 0.328. The normalized spacial score (nSPS) is 21.3. The third-order valence-electron chi connectivity index (χ3n) is 7.70. The van der Waals surface area contributed by atoms with Crippen molar-refractivity contribution in [2.75, 3.05) is 55.4 Å². The number of ether oxygens (including phenoxy) is 2. The number of carbonyl (C=O) groups is 1. The van der Waals surface area contributed by atoms with Crippen LogP contribution in [0.5, 0.6) is 0 Å². The van der Waals surface area contributed by atoms with Crippen LogP contribution in [0.4, 0.5) is 22.2 Å². The number of nitrogens with zero attached hydrogens (tertiary/aromatic N) is 2. The molecule has 0 radical (unpaired) electrons. The van der Waals surface area contributed by atoms with E-state index in [9.17, 15) is 13.2 Å². The third kappa shape index (κ3) is 6.41. The average Bonchev–Trinajstić information content (AvgIpc) is 3.67. The van der Waals surface area contributed by atoms with E-state index in [1.54, 1.807) is 29.5 Å². The lowest BCUT2D eigenvalue weighted by molar-refractivity contribution is -0.117. The number of anilines is 4. The zero-order valence-electron chi connectivity index (χ0n) is 22.8. The second-order valence-electron chi connectivity index (χ2n) is 10.5. The average molecular weight is 598 g/mol. The highest BCUT2D eigenvalue weighted by Gasteiger charge is 2.32. The molecule has 2 saturated heterocycles. The highest BCUT2D eigenvalue weighted by Crippen LogP contribution is 2.39. The number of hydrogen-bond donors (Lipinski definition) is 3. The van der Waals surface area contributed by atoms with Gasteiger partial charge in [0, 0.05) is 36.8 Å². The molecular weight excluding hydrogens is 562 g/mol. The fraction of sp³-hybridized carbons (Fsp3) is 0.448. The molecule has 3 aliphatic rings. The predicted octanol–water partition coefficient (Wildman–Crippen LogP) is 4.56. The summed E-state index contributed by atoms with van der Waals surface area (Å²) in [5, 5.41) is 10.6. The molecule has 2 atom stereocenters. The van der Waals surface area contributed by atoms with E-state index in [4.69, 9.17) is 14.5 Å². The van der Waals surface area contributed by atoms with E-state index < -0.39 is 15.9 Å². The smallest absolute Gasteiger partial charge is 0.243 e. The van der Waals surface area contributed by atoms with Crippen molar-refractivity contribution in [2.45, 2.75) is 49.0 Å². The summed E-state index contributed by atoms with van der Waals surface area (Å²) in [5.74, 6) is -0.615. The van der Waals surface area contributed by atoms with Crippen LogP contribution in [-0.2, 0) is 30.7 Å². The highest BCUT2D eigenvalue weighted by molar-refractivity contribution is 7.89. The molecule has 3 aromatic rings. The predicted molar refractivity (Wildman–Crippen MR) is 160 cm³/mol. The zero-order chi connectivity index (χ0) is 28.2. The monoisotopic (exact) mass is 597 g/mol. The summed E-state index contributed by atoms with van der Waals surface area (Å²) in [7, 11) is -3.74. The molecule has 2 aliphatic heterocycles. The van der Waals surface area contributed by atoms with Gasteiger partial charge in [0.05, 0.1) is 47.2 Å². The first kappa shape index (κ1) is 28.1. The number of benzene rings is 2. The molecule has 2 fully saturated rings. The van der Waals surface area contributed by atoms with Gasteiger partial charge in [0.15, 0.2) is 5.13 Å². The first-order chi connectivity index (χ1) is 20.0. The second kappa shape index (κ2) is 12.5. The fourth-order valence-corrected chi connectivity index (χ4v) is 8.02. The van der Waals surface area contributed by atoms with E-state index in [0.717, 1.165) is 53.7 Å². The highest BCUT2D eigenvalue weighted by atomic mass is 32.2. The molecule has 1 aliphatic carbocycles. The molecular formula is C29H35N5O5S2. The van der Waals surface area contributed by atoms with Crippen LogP contribution < -0.4 is 16.0 Å². The van der Waals surface area contributed by atoms with Gasteiger partial charge in [-0.25, -0.2) is 13.4 Å². The Labute approximate surface area is 244 Å². The standard InChI is InChI=1S/C29H35N5O5S2/c35-28(23-9-4-10-26-27(23)33-29(40-26)31-20-6-2-1-3-7-20)32-25-18-22(41(36,37)34-13-16-38-17-14-34)11-12-24(25)30-19-21-8-5-15-39-21/h1-3,6-7,11-12,18,21,23,30H,4-5,8-10,13-17,19H2,(H,31,33)(H,32,35). The first-order valence-electron chi connectivity index (χ1n) is 14.2. The number of aryl methyl sites for hydroxylation is 1. The van der Waals surface area contributed by atoms with Gasteiger partial charge in [-0.3, -0.25) is 4.79 Å². The van der Waals surface area contributed by atoms with Crippen molar-refractivity contribution >= 4 is 49.5 Å². The Balaban J connectivity index is 1.25. The van der Waals surface area contributed by atoms with Crippen molar-refractivity contribution in [1.29, 1.82) is 0 Å². The summed E-state index contributed by atoms with van der Waals surface area (Å²) in [4.78, 5) is 19.8. The number of fused-ring (bicyclic) bond motifs is 1. The van der Waals surface area contributed by atoms with Crippen molar-refractivity contribution in [3.8, 4) is 0 Å². The Bertz CT molecular complexity index is 1470. The van der Waals surface area contributed by atoms with Gasteiger partial charge in [-0.1, -0.05) is 18.2 Å². The summed E-state index contributed by atoms with van der Waals surface area (Å²) in [5.41, 5.74) is 2.84. The number of carbonyl (C=O) groups excluding carboxylic acids is 1. The number of rotatable bonds is 9. The van der Waals surface area contributed by atoms with E-state index in [2.05, 4.69) is 16.0 Å². The van der Waals surface area contributed by atoms with Crippen molar-refractivity contribution < 1.29 is 22.7 Å². The van der Waals surface area contributed by atoms with Crippen molar-refractivity contribution in [3.05, 3.63) is 59.1 Å². The summed E-state index contributed by atoms with van der Waals surface area (Å²) < 4.78 is 39.4. The number of hydrogen-bond acceptors (Lipinski definition) is 9. The Morgan fingerprint density at radius 1 is 1.02 bits per heavy atom. The van der Waals surface area contributed by atoms with Gasteiger partial charge < -0.3 is 25.4 Å². The van der Waals surface area contributed by atoms with Gasteiger partial charge in [0.2, 0.25) is 15.9 Å². The summed E-state index contributed by atoms with van der Waals surface area (Å²) in [6, 6.07) is 14.7. The van der Waals surface area contributed by atoms with E-state index in [0.29, 0.717) is 50.6 Å². The fourth-order valence-electron chi connectivity index (χ4n) is 5.50. The summed E-state index contributed by atoms with van der Waals surface area (Å²) in [6.07, 6.45) is 4.51. The minimum absolute atomic E-state index is 0.0850. The van der Waals surface area contributed by atoms with Crippen LogP contribution >= 0.6 is 11.3 Å². The minimum atomic E-state index is -3.74. The van der Waals surface area contributed by atoms with Gasteiger partial charge in [0.25, 0.3) is 0 Å². The molecule has 218 valence electrons. The van der Waals surface area contributed by atoms with Gasteiger partial charge in [-0.2, -0.15) is 4.31 Å². The van der Waals surface area contributed by atoms with Crippen LogP contribution in [-0.4, -0.2) is 69.2 Å². The Kier molecular flexibility index (Phi) is 8.54. The summed E-state index contributed by atoms with van der Waals surface area (Å²) >= 11 is 1.58. The number of thiazole rings is 1. The van der Waals surface area contributed by atoms with E-state index >= 15 is 0 Å². The van der Waals surface area contributed by atoms with E-state index in [1.807, 2.05) is 30.3 Å². The molecule has 10 nitrogen and oxygen atoms in total. The molecule has 0 bridgehead atoms. The largest absolute Gasteiger partial charge is 0.381 e. The molecule has 1 amide bonds. The van der Waals surface area contributed by atoms with Crippen LogP contribution in [0.1, 0.15) is 42.2 Å². The molecule has 3 heterocycles. The molecule has 2 aromatic carbocycles. The Morgan fingerprint density at radius 3 is 2.63 bits per heavy atom. The Morgan fingerprint density at radius 2 is 1.85 bits per heavy atom. The van der Waals surface area contributed by atoms with E-state index in [-0.39, 0.29) is 16.9 Å².